The Morgan fingerprint density at radius 2 is 1.66 bits per heavy atom. The first-order chi connectivity index (χ1) is 15.0. The second-order valence-electron chi connectivity index (χ2n) is 7.83. The average Bonchev–Trinajstić information content (AvgIpc) is 2.80. The number of aliphatic imine (C=N–C) groups is 1. The molecule has 3 rings (SSSR count). The van der Waals surface area contributed by atoms with Crippen LogP contribution in [-0.2, 0) is 13.0 Å². The summed E-state index contributed by atoms with van der Waals surface area (Å²) in [6.45, 7) is 2.43. The predicted octanol–water partition coefficient (Wildman–Crippen LogP) is 3.57. The standard InChI is InChI=1S/C24H34N4O3.HI/c1-25-24(26-15-21(27(2)3)17-7-9-20(29-4)10-8-17)28-12-11-18-13-22(30-5)23(31-6)14-19(18)16-28;/h7-10,13-14,21H,11-12,15-16H2,1-6H3,(H,25,26);1H. The van der Waals surface area contributed by atoms with Gasteiger partial charge in [-0.2, -0.15) is 0 Å². The van der Waals surface area contributed by atoms with E-state index in [2.05, 4.69) is 58.5 Å². The summed E-state index contributed by atoms with van der Waals surface area (Å²) in [6, 6.07) is 12.6. The minimum atomic E-state index is 0. The molecule has 1 aliphatic rings. The number of ether oxygens (including phenoxy) is 3. The highest BCUT2D eigenvalue weighted by Crippen LogP contribution is 2.33. The molecule has 1 unspecified atom stereocenters. The Balaban J connectivity index is 0.00000363. The quantitative estimate of drug-likeness (QED) is 0.321. The molecule has 0 saturated heterocycles. The van der Waals surface area contributed by atoms with Crippen molar-refractivity contribution in [3.8, 4) is 17.2 Å². The summed E-state index contributed by atoms with van der Waals surface area (Å²) in [4.78, 5) is 9.05. The van der Waals surface area contributed by atoms with Crippen molar-refractivity contribution in [3.05, 3.63) is 53.1 Å². The van der Waals surface area contributed by atoms with Crippen molar-refractivity contribution >= 4 is 29.9 Å². The Hall–Kier alpha value is -2.20. The topological polar surface area (TPSA) is 58.6 Å². The van der Waals surface area contributed by atoms with E-state index in [-0.39, 0.29) is 30.0 Å². The van der Waals surface area contributed by atoms with Crippen LogP contribution in [-0.4, -0.2) is 71.3 Å². The van der Waals surface area contributed by atoms with Crippen molar-refractivity contribution in [2.45, 2.75) is 19.0 Å². The van der Waals surface area contributed by atoms with Gasteiger partial charge >= 0.3 is 0 Å². The van der Waals surface area contributed by atoms with Gasteiger partial charge in [0.2, 0.25) is 0 Å². The molecule has 1 aliphatic heterocycles. The molecule has 0 aliphatic carbocycles. The molecule has 8 heteroatoms. The molecule has 2 aromatic carbocycles. The van der Waals surface area contributed by atoms with Crippen molar-refractivity contribution in [3.63, 3.8) is 0 Å². The Bertz CT molecular complexity index is 903. The zero-order valence-corrected chi connectivity index (χ0v) is 22.2. The lowest BCUT2D eigenvalue weighted by Crippen LogP contribution is -2.46. The van der Waals surface area contributed by atoms with Crippen LogP contribution in [0.25, 0.3) is 0 Å². The van der Waals surface area contributed by atoms with E-state index in [0.29, 0.717) is 0 Å². The van der Waals surface area contributed by atoms with Crippen LogP contribution in [0.5, 0.6) is 17.2 Å². The van der Waals surface area contributed by atoms with Gasteiger partial charge in [0.1, 0.15) is 5.75 Å². The van der Waals surface area contributed by atoms with Crippen LogP contribution in [0.1, 0.15) is 22.7 Å². The van der Waals surface area contributed by atoms with E-state index in [0.717, 1.165) is 49.3 Å². The summed E-state index contributed by atoms with van der Waals surface area (Å²) in [5.74, 6) is 3.31. The van der Waals surface area contributed by atoms with Gasteiger partial charge in [0.15, 0.2) is 17.5 Å². The monoisotopic (exact) mass is 554 g/mol. The van der Waals surface area contributed by atoms with Gasteiger partial charge in [0, 0.05) is 26.7 Å². The summed E-state index contributed by atoms with van der Waals surface area (Å²) in [5, 5.41) is 3.58. The van der Waals surface area contributed by atoms with Gasteiger partial charge in [-0.1, -0.05) is 12.1 Å². The first-order valence-electron chi connectivity index (χ1n) is 10.5. The largest absolute Gasteiger partial charge is 0.497 e. The molecule has 0 amide bonds. The van der Waals surface area contributed by atoms with Crippen molar-refractivity contribution in [1.29, 1.82) is 0 Å². The fraction of sp³-hybridized carbons (Fsp3) is 0.458. The van der Waals surface area contributed by atoms with Crippen LogP contribution in [0, 0.1) is 0 Å². The highest BCUT2D eigenvalue weighted by atomic mass is 127. The number of rotatable bonds is 7. The van der Waals surface area contributed by atoms with Crippen LogP contribution in [0.3, 0.4) is 0 Å². The normalized spacial score (nSPS) is 14.3. The number of hydrogen-bond donors (Lipinski definition) is 1. The highest BCUT2D eigenvalue weighted by molar-refractivity contribution is 14.0. The number of nitrogens with one attached hydrogen (secondary N) is 1. The minimum absolute atomic E-state index is 0. The Morgan fingerprint density at radius 1 is 1.03 bits per heavy atom. The lowest BCUT2D eigenvalue weighted by atomic mass is 9.99. The molecule has 32 heavy (non-hydrogen) atoms. The fourth-order valence-electron chi connectivity index (χ4n) is 4.01. The number of likely N-dealkylation sites (N-methyl/N-ethyl adjacent to an activating group) is 1. The number of benzene rings is 2. The van der Waals surface area contributed by atoms with Gasteiger partial charge in [0.05, 0.1) is 27.4 Å². The molecule has 2 aromatic rings. The third-order valence-electron chi connectivity index (χ3n) is 5.81. The first-order valence-corrected chi connectivity index (χ1v) is 10.5. The molecular weight excluding hydrogens is 519 g/mol. The number of methoxy groups -OCH3 is 3. The van der Waals surface area contributed by atoms with E-state index < -0.39 is 0 Å². The Morgan fingerprint density at radius 3 is 2.19 bits per heavy atom. The van der Waals surface area contributed by atoms with E-state index in [9.17, 15) is 0 Å². The zero-order valence-electron chi connectivity index (χ0n) is 19.8. The lowest BCUT2D eigenvalue weighted by Gasteiger charge is -2.33. The van der Waals surface area contributed by atoms with Gasteiger partial charge in [0.25, 0.3) is 0 Å². The summed E-state index contributed by atoms with van der Waals surface area (Å²) < 4.78 is 16.2. The average molecular weight is 554 g/mol. The number of fused-ring (bicyclic) bond motifs is 1. The molecule has 0 bridgehead atoms. The number of nitrogens with zero attached hydrogens (tertiary/aromatic N) is 3. The van der Waals surface area contributed by atoms with Crippen molar-refractivity contribution in [1.82, 2.24) is 15.1 Å². The van der Waals surface area contributed by atoms with Gasteiger partial charge in [-0.3, -0.25) is 4.99 Å². The van der Waals surface area contributed by atoms with E-state index >= 15 is 0 Å². The molecule has 7 nitrogen and oxygen atoms in total. The second-order valence-corrected chi connectivity index (χ2v) is 7.83. The second kappa shape index (κ2) is 12.2. The molecule has 1 N–H and O–H groups in total. The Labute approximate surface area is 208 Å². The van der Waals surface area contributed by atoms with E-state index in [4.69, 9.17) is 14.2 Å². The molecular formula is C24H35IN4O3. The van der Waals surface area contributed by atoms with Gasteiger partial charge in [-0.25, -0.2) is 0 Å². The molecule has 1 atom stereocenters. The van der Waals surface area contributed by atoms with E-state index in [1.807, 2.05) is 19.2 Å². The van der Waals surface area contributed by atoms with Crippen LogP contribution >= 0.6 is 24.0 Å². The maximum atomic E-state index is 5.49. The number of halogens is 1. The highest BCUT2D eigenvalue weighted by Gasteiger charge is 2.23. The molecule has 0 fully saturated rings. The molecule has 0 saturated carbocycles. The fourth-order valence-corrected chi connectivity index (χ4v) is 4.01. The zero-order chi connectivity index (χ0) is 22.4. The number of guanidine groups is 1. The smallest absolute Gasteiger partial charge is 0.194 e. The third-order valence-corrected chi connectivity index (χ3v) is 5.81. The maximum Gasteiger partial charge on any atom is 0.194 e. The van der Waals surface area contributed by atoms with Crippen molar-refractivity contribution < 1.29 is 14.2 Å². The van der Waals surface area contributed by atoms with Crippen LogP contribution in [0.2, 0.25) is 0 Å². The molecule has 0 spiro atoms. The SMILES string of the molecule is CN=C(NCC(c1ccc(OC)cc1)N(C)C)N1CCc2cc(OC)c(OC)cc2C1.I. The maximum absolute atomic E-state index is 5.49. The molecule has 176 valence electrons. The van der Waals surface area contributed by atoms with Crippen LogP contribution in [0.4, 0.5) is 0 Å². The van der Waals surface area contributed by atoms with E-state index in [1.165, 1.54) is 16.7 Å². The molecule has 1 heterocycles. The summed E-state index contributed by atoms with van der Waals surface area (Å²) in [6.07, 6.45) is 0.936. The summed E-state index contributed by atoms with van der Waals surface area (Å²) in [7, 11) is 11.1. The van der Waals surface area contributed by atoms with Crippen LogP contribution < -0.4 is 19.5 Å². The molecule has 0 aromatic heterocycles. The van der Waals surface area contributed by atoms with Crippen LogP contribution in [0.15, 0.2) is 41.4 Å². The molecule has 0 radical (unpaired) electrons. The number of hydrogen-bond acceptors (Lipinski definition) is 5. The first kappa shape index (κ1) is 26.1. The van der Waals surface area contributed by atoms with Gasteiger partial charge < -0.3 is 29.3 Å². The minimum Gasteiger partial charge on any atom is -0.497 e. The van der Waals surface area contributed by atoms with Gasteiger partial charge in [-0.05, 0) is 61.5 Å². The predicted molar refractivity (Wildman–Crippen MR) is 140 cm³/mol. The van der Waals surface area contributed by atoms with Gasteiger partial charge in [-0.15, -0.1) is 24.0 Å². The summed E-state index contributed by atoms with van der Waals surface area (Å²) in [5.41, 5.74) is 3.77. The third kappa shape index (κ3) is 5.98. The van der Waals surface area contributed by atoms with E-state index in [1.54, 1.807) is 21.3 Å². The van der Waals surface area contributed by atoms with Crippen molar-refractivity contribution in [2.24, 2.45) is 4.99 Å². The Kier molecular flexibility index (Phi) is 9.89. The summed E-state index contributed by atoms with van der Waals surface area (Å²) >= 11 is 0. The van der Waals surface area contributed by atoms with Crippen molar-refractivity contribution in [2.75, 3.05) is 55.6 Å². The lowest BCUT2D eigenvalue weighted by molar-refractivity contribution is 0.291.